The number of nitrogens with zero attached hydrogens (tertiary/aromatic N) is 2. The van der Waals surface area contributed by atoms with E-state index in [2.05, 4.69) is 21.0 Å². The first kappa shape index (κ1) is 14.2. The van der Waals surface area contributed by atoms with E-state index in [4.69, 9.17) is 0 Å². The van der Waals surface area contributed by atoms with Crippen LogP contribution >= 0.6 is 27.3 Å². The zero-order valence-corrected chi connectivity index (χ0v) is 13.4. The molecule has 0 amide bonds. The van der Waals surface area contributed by atoms with Gasteiger partial charge in [0.15, 0.2) is 6.29 Å². The molecule has 0 saturated heterocycles. The van der Waals surface area contributed by atoms with Gasteiger partial charge in [-0.15, -0.1) is 11.3 Å². The molecule has 6 heteroatoms. The molecule has 0 saturated carbocycles. The minimum absolute atomic E-state index is 0.290. The molecule has 0 aliphatic carbocycles. The van der Waals surface area contributed by atoms with Crippen molar-refractivity contribution in [1.82, 2.24) is 9.78 Å². The maximum atomic E-state index is 13.2. The molecule has 0 fully saturated rings. The lowest BCUT2D eigenvalue weighted by molar-refractivity contribution is 0.112. The fourth-order valence-corrected chi connectivity index (χ4v) is 3.50. The number of rotatable bonds is 3. The second-order valence-corrected chi connectivity index (χ2v) is 6.99. The summed E-state index contributed by atoms with van der Waals surface area (Å²) >= 11 is 4.91. The SMILES string of the molecule is Cc1cc(F)ccc1-n1cc(C=O)c(-c2ccc(Br)s2)n1. The normalized spacial score (nSPS) is 10.8. The molecule has 0 N–H and O–H groups in total. The predicted octanol–water partition coefficient (Wildman–Crippen LogP) is 4.62. The van der Waals surface area contributed by atoms with E-state index in [0.717, 1.165) is 26.2 Å². The first-order valence-corrected chi connectivity index (χ1v) is 7.76. The molecule has 1 aromatic carbocycles. The van der Waals surface area contributed by atoms with Crippen LogP contribution in [0, 0.1) is 12.7 Å². The van der Waals surface area contributed by atoms with Gasteiger partial charge < -0.3 is 0 Å². The Balaban J connectivity index is 2.13. The smallest absolute Gasteiger partial charge is 0.153 e. The van der Waals surface area contributed by atoms with Gasteiger partial charge in [0, 0.05) is 6.20 Å². The fourth-order valence-electron chi connectivity index (χ4n) is 2.11. The first-order valence-electron chi connectivity index (χ1n) is 6.15. The summed E-state index contributed by atoms with van der Waals surface area (Å²) in [6.45, 7) is 1.81. The van der Waals surface area contributed by atoms with Crippen LogP contribution in [-0.2, 0) is 0 Å². The van der Waals surface area contributed by atoms with E-state index in [1.165, 1.54) is 23.5 Å². The fraction of sp³-hybridized carbons (Fsp3) is 0.0667. The Morgan fingerprint density at radius 3 is 2.76 bits per heavy atom. The molecular formula is C15H10BrFN2OS. The molecule has 21 heavy (non-hydrogen) atoms. The van der Waals surface area contributed by atoms with Crippen molar-refractivity contribution >= 4 is 33.6 Å². The second-order valence-electron chi connectivity index (χ2n) is 4.53. The van der Waals surface area contributed by atoms with E-state index in [0.29, 0.717) is 11.3 Å². The standard InChI is InChI=1S/C15H10BrFN2OS/c1-9-6-11(17)2-3-12(9)19-7-10(8-20)15(18-19)13-4-5-14(16)21-13/h2-8H,1H3. The lowest BCUT2D eigenvalue weighted by atomic mass is 10.2. The van der Waals surface area contributed by atoms with Gasteiger partial charge in [0.2, 0.25) is 0 Å². The van der Waals surface area contributed by atoms with Crippen molar-refractivity contribution in [2.24, 2.45) is 0 Å². The zero-order chi connectivity index (χ0) is 15.0. The van der Waals surface area contributed by atoms with Gasteiger partial charge in [-0.05, 0) is 58.7 Å². The summed E-state index contributed by atoms with van der Waals surface area (Å²) in [7, 11) is 0. The van der Waals surface area contributed by atoms with Crippen molar-refractivity contribution < 1.29 is 9.18 Å². The van der Waals surface area contributed by atoms with Gasteiger partial charge in [0.25, 0.3) is 0 Å². The van der Waals surface area contributed by atoms with Crippen LogP contribution in [-0.4, -0.2) is 16.1 Å². The molecule has 0 unspecified atom stereocenters. The number of benzene rings is 1. The van der Waals surface area contributed by atoms with Crippen molar-refractivity contribution in [3.05, 3.63) is 57.3 Å². The average molecular weight is 365 g/mol. The Morgan fingerprint density at radius 2 is 2.14 bits per heavy atom. The molecule has 106 valence electrons. The van der Waals surface area contributed by atoms with Crippen LogP contribution in [0.3, 0.4) is 0 Å². The minimum atomic E-state index is -0.290. The van der Waals surface area contributed by atoms with Crippen LogP contribution < -0.4 is 0 Å². The molecule has 2 aromatic heterocycles. The van der Waals surface area contributed by atoms with Crippen LogP contribution in [0.4, 0.5) is 4.39 Å². The Bertz CT molecular complexity index is 825. The van der Waals surface area contributed by atoms with Gasteiger partial charge in [0.1, 0.15) is 11.5 Å². The summed E-state index contributed by atoms with van der Waals surface area (Å²) in [4.78, 5) is 12.2. The number of aromatic nitrogens is 2. The molecule has 3 nitrogen and oxygen atoms in total. The van der Waals surface area contributed by atoms with Crippen LogP contribution in [0.5, 0.6) is 0 Å². The first-order chi connectivity index (χ1) is 10.1. The summed E-state index contributed by atoms with van der Waals surface area (Å²) in [5.41, 5.74) is 2.65. The number of thiophene rings is 1. The number of aryl methyl sites for hydroxylation is 1. The third-order valence-electron chi connectivity index (χ3n) is 3.08. The third-order valence-corrected chi connectivity index (χ3v) is 4.71. The maximum Gasteiger partial charge on any atom is 0.153 e. The van der Waals surface area contributed by atoms with E-state index in [-0.39, 0.29) is 5.82 Å². The summed E-state index contributed by atoms with van der Waals surface area (Å²) < 4.78 is 15.8. The van der Waals surface area contributed by atoms with Gasteiger partial charge in [-0.2, -0.15) is 5.10 Å². The van der Waals surface area contributed by atoms with Crippen LogP contribution in [0.2, 0.25) is 0 Å². The Labute approximate surface area is 133 Å². The minimum Gasteiger partial charge on any atom is -0.298 e. The molecule has 3 aromatic rings. The van der Waals surface area contributed by atoms with Gasteiger partial charge in [0.05, 0.1) is 19.9 Å². The Hall–Kier alpha value is -1.79. The van der Waals surface area contributed by atoms with Crippen molar-refractivity contribution in [1.29, 1.82) is 0 Å². The molecule has 0 bridgehead atoms. The number of carbonyl (C=O) groups excluding carboxylic acids is 1. The van der Waals surface area contributed by atoms with Crippen LogP contribution in [0.15, 0.2) is 40.3 Å². The molecule has 3 rings (SSSR count). The summed E-state index contributed by atoms with van der Waals surface area (Å²) in [6, 6.07) is 8.30. The highest BCUT2D eigenvalue weighted by Crippen LogP contribution is 2.32. The summed E-state index contributed by atoms with van der Waals surface area (Å²) in [5, 5.41) is 4.48. The van der Waals surface area contributed by atoms with E-state index in [1.807, 2.05) is 19.1 Å². The predicted molar refractivity (Wildman–Crippen MR) is 84.7 cm³/mol. The zero-order valence-electron chi connectivity index (χ0n) is 11.0. The Kier molecular flexibility index (Phi) is 3.73. The number of aldehydes is 1. The molecule has 0 radical (unpaired) electrons. The molecule has 0 spiro atoms. The van der Waals surface area contributed by atoms with Crippen molar-refractivity contribution in [2.45, 2.75) is 6.92 Å². The summed E-state index contributed by atoms with van der Waals surface area (Å²) in [5.74, 6) is -0.290. The second kappa shape index (κ2) is 5.54. The average Bonchev–Trinajstić information content (AvgIpc) is 3.04. The van der Waals surface area contributed by atoms with Crippen LogP contribution in [0.25, 0.3) is 16.3 Å². The van der Waals surface area contributed by atoms with E-state index >= 15 is 0 Å². The van der Waals surface area contributed by atoms with E-state index in [9.17, 15) is 9.18 Å². The number of hydrogen-bond acceptors (Lipinski definition) is 3. The molecule has 0 aliphatic heterocycles. The van der Waals surface area contributed by atoms with E-state index < -0.39 is 0 Å². The molecule has 2 heterocycles. The van der Waals surface area contributed by atoms with Crippen molar-refractivity contribution in [2.75, 3.05) is 0 Å². The van der Waals surface area contributed by atoms with Gasteiger partial charge in [-0.1, -0.05) is 0 Å². The number of halogens is 2. The van der Waals surface area contributed by atoms with Gasteiger partial charge in [-0.25, -0.2) is 9.07 Å². The van der Waals surface area contributed by atoms with E-state index in [1.54, 1.807) is 16.9 Å². The number of hydrogen-bond donors (Lipinski definition) is 0. The van der Waals surface area contributed by atoms with Crippen LogP contribution in [0.1, 0.15) is 15.9 Å². The lowest BCUT2D eigenvalue weighted by Crippen LogP contribution is -1.98. The largest absolute Gasteiger partial charge is 0.298 e. The third kappa shape index (κ3) is 2.69. The van der Waals surface area contributed by atoms with Gasteiger partial charge in [-0.3, -0.25) is 4.79 Å². The number of carbonyl (C=O) groups is 1. The van der Waals surface area contributed by atoms with Crippen molar-refractivity contribution in [3.63, 3.8) is 0 Å². The molecule has 0 atom stereocenters. The lowest BCUT2D eigenvalue weighted by Gasteiger charge is -2.05. The van der Waals surface area contributed by atoms with Gasteiger partial charge >= 0.3 is 0 Å². The molecular weight excluding hydrogens is 355 g/mol. The highest BCUT2D eigenvalue weighted by Gasteiger charge is 2.14. The Morgan fingerprint density at radius 1 is 1.33 bits per heavy atom. The summed E-state index contributed by atoms with van der Waals surface area (Å²) in [6.07, 6.45) is 2.45. The maximum absolute atomic E-state index is 13.2. The highest BCUT2D eigenvalue weighted by molar-refractivity contribution is 9.11. The topological polar surface area (TPSA) is 34.9 Å². The quantitative estimate of drug-likeness (QED) is 0.635. The highest BCUT2D eigenvalue weighted by atomic mass is 79.9. The van der Waals surface area contributed by atoms with Crippen molar-refractivity contribution in [3.8, 4) is 16.3 Å². The monoisotopic (exact) mass is 364 g/mol. The molecule has 0 aliphatic rings.